The van der Waals surface area contributed by atoms with Gasteiger partial charge in [0.05, 0.1) is 0 Å². The van der Waals surface area contributed by atoms with E-state index in [-0.39, 0.29) is 64.7 Å². The van der Waals surface area contributed by atoms with Gasteiger partial charge in [0, 0.05) is 32.9 Å². The number of carbonyl (C=O) groups excluding carboxylic acids is 1. The predicted molar refractivity (Wildman–Crippen MR) is 180 cm³/mol. The summed E-state index contributed by atoms with van der Waals surface area (Å²) in [5.74, 6) is 0.815. The fraction of sp³-hybridized carbons (Fsp3) is 0.371. The summed E-state index contributed by atoms with van der Waals surface area (Å²) in [5.41, 5.74) is 5.48. The van der Waals surface area contributed by atoms with Gasteiger partial charge in [0.25, 0.3) is 5.91 Å². The number of aromatic nitrogens is 1. The van der Waals surface area contributed by atoms with Crippen molar-refractivity contribution in [2.75, 3.05) is 26.5 Å². The Morgan fingerprint density at radius 1 is 1.12 bits per heavy atom. The third kappa shape index (κ3) is 19.6. The Morgan fingerprint density at radius 2 is 1.76 bits per heavy atom. The van der Waals surface area contributed by atoms with E-state index in [9.17, 15) is 4.79 Å². The molecule has 1 rings (SSSR count). The molecule has 0 aliphatic heterocycles. The van der Waals surface area contributed by atoms with Gasteiger partial charge in [0.2, 0.25) is 0 Å². The topological polar surface area (TPSA) is 67.5 Å². The van der Waals surface area contributed by atoms with Crippen molar-refractivity contribution in [3.05, 3.63) is 115 Å². The molecule has 0 atom stereocenters. The maximum atomic E-state index is 11.9. The zero-order valence-corrected chi connectivity index (χ0v) is 30.9. The fourth-order valence-corrected chi connectivity index (χ4v) is 3.22. The molecule has 0 spiro atoms. The number of nitrogens with zero attached hydrogens (tertiary/aromatic N) is 3. The standard InChI is InChI=1S/C17H27NO.C15H17N3.C2H6.CH3.K/c1-7-10-16(11-8-2)14(4)12-13-15(9-3)17(19)18(5)6;1-4-5-6-12(2)14(9-10-16)13-7-8-15(17-3)18-11-13;1-2;;/h9-10,12-13H,4,7-8,11H2,1-3,5-6H3;6-11H,2,4H2,1,3H3,(H,17,18);1-2H3;1H3;/q;-2;;-1;+1/b13-12-,15-9+,16-10+;14-9+;;;. The average Bonchev–Trinajstić information content (AvgIpc) is 2.96. The van der Waals surface area contributed by atoms with Crippen LogP contribution in [0.2, 0.25) is 0 Å². The van der Waals surface area contributed by atoms with Gasteiger partial charge >= 0.3 is 51.4 Å². The molecule has 0 unspecified atom stereocenters. The van der Waals surface area contributed by atoms with Crippen LogP contribution < -0.4 is 56.7 Å². The summed E-state index contributed by atoms with van der Waals surface area (Å²) in [5, 5.41) is 11.9. The molecule has 0 radical (unpaired) electrons. The Kier molecular flexibility index (Phi) is 32.9. The molecule has 0 aliphatic carbocycles. The van der Waals surface area contributed by atoms with Crippen molar-refractivity contribution in [3.63, 3.8) is 0 Å². The third-order valence-electron chi connectivity index (χ3n) is 5.21. The molecular formula is C35H53KN4O-2. The van der Waals surface area contributed by atoms with Crippen molar-refractivity contribution < 1.29 is 56.2 Å². The number of likely N-dealkylation sites (N-methyl/N-ethyl adjacent to an activating group) is 1. The van der Waals surface area contributed by atoms with Crippen LogP contribution in [0.4, 0.5) is 5.82 Å². The minimum absolute atomic E-state index is 0. The van der Waals surface area contributed by atoms with Crippen LogP contribution in [0, 0.1) is 13.5 Å². The normalized spacial score (nSPS) is 11.2. The van der Waals surface area contributed by atoms with E-state index in [4.69, 9.17) is 5.41 Å². The Hall–Kier alpha value is -2.09. The predicted octanol–water partition coefficient (Wildman–Crippen LogP) is 6.22. The van der Waals surface area contributed by atoms with E-state index in [1.54, 1.807) is 31.3 Å². The van der Waals surface area contributed by atoms with Gasteiger partial charge in [-0.3, -0.25) is 10.9 Å². The molecule has 0 fully saturated rings. The minimum Gasteiger partial charge on any atom is -0.811 e. The quantitative estimate of drug-likeness (QED) is 0.0984. The molecule has 0 saturated heterocycles. The molecule has 1 aromatic rings. The molecule has 5 nitrogen and oxygen atoms in total. The van der Waals surface area contributed by atoms with Crippen LogP contribution in [0.5, 0.6) is 0 Å². The number of amides is 1. The Balaban J connectivity index is -0.000000301. The van der Waals surface area contributed by atoms with Gasteiger partial charge in [0.15, 0.2) is 0 Å². The van der Waals surface area contributed by atoms with Crippen LogP contribution in [-0.2, 0) is 4.79 Å². The largest absolute Gasteiger partial charge is 1.00 e. The van der Waals surface area contributed by atoms with E-state index >= 15 is 0 Å². The molecule has 222 valence electrons. The Bertz CT molecular complexity index is 1040. The van der Waals surface area contributed by atoms with E-state index in [1.165, 1.54) is 5.57 Å². The number of rotatable bonds is 13. The number of allylic oxidation sites excluding steroid dienone is 10. The second-order valence-corrected chi connectivity index (χ2v) is 8.33. The van der Waals surface area contributed by atoms with Crippen LogP contribution in [0.3, 0.4) is 0 Å². The number of anilines is 1. The van der Waals surface area contributed by atoms with Crippen LogP contribution >= 0.6 is 0 Å². The first-order valence-corrected chi connectivity index (χ1v) is 13.7. The molecule has 0 bridgehead atoms. The van der Waals surface area contributed by atoms with Gasteiger partial charge in [0.1, 0.15) is 5.82 Å². The van der Waals surface area contributed by atoms with Crippen LogP contribution in [0.1, 0.15) is 72.8 Å². The average molecular weight is 585 g/mol. The van der Waals surface area contributed by atoms with E-state index in [1.807, 2.05) is 71.2 Å². The van der Waals surface area contributed by atoms with Gasteiger partial charge in [-0.05, 0) is 48.6 Å². The number of hydrogen-bond acceptors (Lipinski definition) is 3. The van der Waals surface area contributed by atoms with Crippen molar-refractivity contribution in [1.82, 2.24) is 9.88 Å². The zero-order valence-electron chi connectivity index (χ0n) is 27.8. The second-order valence-electron chi connectivity index (χ2n) is 8.33. The molecule has 0 aromatic carbocycles. The Morgan fingerprint density at radius 3 is 2.17 bits per heavy atom. The second kappa shape index (κ2) is 29.4. The summed E-state index contributed by atoms with van der Waals surface area (Å²) in [6.07, 6.45) is 21.1. The van der Waals surface area contributed by atoms with Crippen LogP contribution in [0.25, 0.3) is 11.0 Å². The molecule has 41 heavy (non-hydrogen) atoms. The summed E-state index contributed by atoms with van der Waals surface area (Å²) in [6, 6.07) is 3.81. The van der Waals surface area contributed by atoms with Crippen LogP contribution in [-0.4, -0.2) is 43.1 Å². The SMILES string of the molecule is C=C(/C=C\C(=C/C)C(=O)N(C)C)/C(=C/CC)CCC.C=C(C=[C-]CC)/C(=C\C=[N-])c1ccc(NC)nc1.CC.[CH3-].[K+]. The summed E-state index contributed by atoms with van der Waals surface area (Å²) in [7, 11) is 5.33. The third-order valence-corrected chi connectivity index (χ3v) is 5.21. The van der Waals surface area contributed by atoms with Gasteiger partial charge in [-0.25, -0.2) is 11.1 Å². The molecule has 1 amide bonds. The minimum atomic E-state index is 0. The smallest absolute Gasteiger partial charge is 0.811 e. The number of hydrogen-bond donors (Lipinski definition) is 1. The monoisotopic (exact) mass is 584 g/mol. The molecule has 1 heterocycles. The van der Waals surface area contributed by atoms with E-state index in [2.05, 4.69) is 49.5 Å². The van der Waals surface area contributed by atoms with Crippen molar-refractivity contribution >= 4 is 23.5 Å². The molecule has 0 saturated carbocycles. The molecule has 1 N–H and O–H groups in total. The first-order valence-electron chi connectivity index (χ1n) is 13.7. The van der Waals surface area contributed by atoms with Crippen LogP contribution in [0.15, 0.2) is 90.2 Å². The summed E-state index contributed by atoms with van der Waals surface area (Å²) < 4.78 is 0. The summed E-state index contributed by atoms with van der Waals surface area (Å²) in [4.78, 5) is 17.7. The maximum Gasteiger partial charge on any atom is 1.00 e. The van der Waals surface area contributed by atoms with Crippen molar-refractivity contribution in [3.8, 4) is 0 Å². The Labute approximate surface area is 295 Å². The van der Waals surface area contributed by atoms with E-state index in [0.29, 0.717) is 5.57 Å². The van der Waals surface area contributed by atoms with E-state index in [0.717, 1.165) is 60.0 Å². The molecule has 6 heteroatoms. The number of pyridine rings is 1. The van der Waals surface area contributed by atoms with Crippen molar-refractivity contribution in [1.29, 1.82) is 0 Å². The molecule has 1 aromatic heterocycles. The zero-order chi connectivity index (χ0) is 30.2. The van der Waals surface area contributed by atoms with E-state index < -0.39 is 0 Å². The van der Waals surface area contributed by atoms with Gasteiger partial charge in [-0.1, -0.05) is 83.6 Å². The summed E-state index contributed by atoms with van der Waals surface area (Å²) in [6.45, 7) is 20.2. The first-order chi connectivity index (χ1) is 18.7. The van der Waals surface area contributed by atoms with Crippen molar-refractivity contribution in [2.24, 2.45) is 0 Å². The maximum absolute atomic E-state index is 11.9. The number of nitrogens with one attached hydrogen (secondary N) is 1. The van der Waals surface area contributed by atoms with Gasteiger partial charge in [-0.2, -0.15) is 18.4 Å². The summed E-state index contributed by atoms with van der Waals surface area (Å²) >= 11 is 0. The van der Waals surface area contributed by atoms with Gasteiger partial charge in [-0.15, -0.1) is 6.42 Å². The molecular weight excluding hydrogens is 532 g/mol. The van der Waals surface area contributed by atoms with Crippen molar-refractivity contribution in [2.45, 2.75) is 67.2 Å². The first kappa shape index (κ1) is 45.9. The van der Waals surface area contributed by atoms with Gasteiger partial charge < -0.3 is 23.1 Å². The molecule has 0 aliphatic rings. The number of carbonyl (C=O) groups is 1. The fourth-order valence-electron chi connectivity index (χ4n) is 3.22.